The van der Waals surface area contributed by atoms with Gasteiger partial charge in [0, 0.05) is 24.3 Å². The molecule has 0 spiro atoms. The molecule has 1 aromatic heterocycles. The van der Waals surface area contributed by atoms with Crippen molar-refractivity contribution in [1.29, 1.82) is 0 Å². The van der Waals surface area contributed by atoms with E-state index in [0.717, 1.165) is 30.6 Å². The molecule has 118 valence electrons. The summed E-state index contributed by atoms with van der Waals surface area (Å²) in [6.45, 7) is 7.39. The fraction of sp³-hybridized carbons (Fsp3) is 0.722. The van der Waals surface area contributed by atoms with Gasteiger partial charge in [-0.2, -0.15) is 0 Å². The van der Waals surface area contributed by atoms with Crippen LogP contribution in [0.4, 0.5) is 0 Å². The summed E-state index contributed by atoms with van der Waals surface area (Å²) < 4.78 is 5.94. The summed E-state index contributed by atoms with van der Waals surface area (Å²) in [5.41, 5.74) is 2.36. The second-order valence-corrected chi connectivity index (χ2v) is 6.33. The van der Waals surface area contributed by atoms with Crippen molar-refractivity contribution in [2.45, 2.75) is 84.4 Å². The van der Waals surface area contributed by atoms with E-state index in [-0.39, 0.29) is 6.10 Å². The maximum absolute atomic E-state index is 5.94. The normalized spacial score (nSPS) is 16.0. The van der Waals surface area contributed by atoms with Gasteiger partial charge in [-0.25, -0.2) is 4.98 Å². The molecule has 1 aliphatic carbocycles. The molecule has 3 heteroatoms. The molecular weight excluding hydrogens is 260 g/mol. The van der Waals surface area contributed by atoms with Gasteiger partial charge >= 0.3 is 0 Å². The topological polar surface area (TPSA) is 34.1 Å². The standard InChI is InChI=1S/C18H30N2O/c1-4-5-6-7-8-14(2)21-18-12-9-16(15(3)20-18)13-19-17-10-11-17/h9,12,14,17,19H,4-8,10-11,13H2,1-3H3. The molecule has 1 unspecified atom stereocenters. The van der Waals surface area contributed by atoms with Gasteiger partial charge in [0.25, 0.3) is 0 Å². The summed E-state index contributed by atoms with van der Waals surface area (Å²) in [4.78, 5) is 4.59. The fourth-order valence-corrected chi connectivity index (χ4v) is 2.48. The molecule has 0 amide bonds. The molecule has 1 heterocycles. The molecule has 0 bridgehead atoms. The number of nitrogens with zero attached hydrogens (tertiary/aromatic N) is 1. The first kappa shape index (κ1) is 16.3. The monoisotopic (exact) mass is 290 g/mol. The van der Waals surface area contributed by atoms with E-state index >= 15 is 0 Å². The lowest BCUT2D eigenvalue weighted by atomic mass is 10.1. The Balaban J connectivity index is 1.75. The number of aromatic nitrogens is 1. The van der Waals surface area contributed by atoms with Crippen LogP contribution in [0.15, 0.2) is 12.1 Å². The van der Waals surface area contributed by atoms with E-state index in [1.165, 1.54) is 44.1 Å². The van der Waals surface area contributed by atoms with Crippen LogP contribution in [0.5, 0.6) is 5.88 Å². The van der Waals surface area contributed by atoms with Crippen molar-refractivity contribution in [2.24, 2.45) is 0 Å². The summed E-state index contributed by atoms with van der Waals surface area (Å²) in [6.07, 6.45) is 9.18. The summed E-state index contributed by atoms with van der Waals surface area (Å²) in [5, 5.41) is 3.53. The number of hydrogen-bond acceptors (Lipinski definition) is 3. The van der Waals surface area contributed by atoms with Gasteiger partial charge in [-0.15, -0.1) is 0 Å². The van der Waals surface area contributed by atoms with Crippen LogP contribution in [0.1, 0.15) is 70.1 Å². The van der Waals surface area contributed by atoms with Crippen molar-refractivity contribution in [3.05, 3.63) is 23.4 Å². The van der Waals surface area contributed by atoms with Crippen molar-refractivity contribution in [3.63, 3.8) is 0 Å². The first-order valence-corrected chi connectivity index (χ1v) is 8.55. The zero-order valence-corrected chi connectivity index (χ0v) is 13.8. The molecule has 1 saturated carbocycles. The highest BCUT2D eigenvalue weighted by atomic mass is 16.5. The lowest BCUT2D eigenvalue weighted by molar-refractivity contribution is 0.198. The number of nitrogens with one attached hydrogen (secondary N) is 1. The van der Waals surface area contributed by atoms with Gasteiger partial charge in [0.2, 0.25) is 5.88 Å². The molecule has 1 aromatic rings. The molecule has 1 N–H and O–H groups in total. The number of ether oxygens (including phenoxy) is 1. The molecule has 1 aliphatic rings. The lowest BCUT2D eigenvalue weighted by Crippen LogP contribution is -2.17. The van der Waals surface area contributed by atoms with Crippen molar-refractivity contribution in [1.82, 2.24) is 10.3 Å². The minimum atomic E-state index is 0.254. The molecule has 1 fully saturated rings. The van der Waals surface area contributed by atoms with Crippen molar-refractivity contribution in [3.8, 4) is 5.88 Å². The minimum absolute atomic E-state index is 0.254. The number of rotatable bonds is 10. The Morgan fingerprint density at radius 1 is 1.29 bits per heavy atom. The van der Waals surface area contributed by atoms with Gasteiger partial charge in [0.1, 0.15) is 0 Å². The molecule has 1 atom stereocenters. The maximum atomic E-state index is 5.94. The van der Waals surface area contributed by atoms with Gasteiger partial charge in [0.15, 0.2) is 0 Å². The first-order chi connectivity index (χ1) is 10.2. The first-order valence-electron chi connectivity index (χ1n) is 8.55. The van der Waals surface area contributed by atoms with Gasteiger partial charge < -0.3 is 10.1 Å². The predicted molar refractivity (Wildman–Crippen MR) is 87.7 cm³/mol. The molecule has 0 radical (unpaired) electrons. The van der Waals surface area contributed by atoms with Crippen LogP contribution in [0.2, 0.25) is 0 Å². The van der Waals surface area contributed by atoms with Crippen LogP contribution in [0.3, 0.4) is 0 Å². The number of unbranched alkanes of at least 4 members (excludes halogenated alkanes) is 3. The molecule has 0 aromatic carbocycles. The summed E-state index contributed by atoms with van der Waals surface area (Å²) in [6, 6.07) is 4.90. The highest BCUT2D eigenvalue weighted by Gasteiger charge is 2.20. The highest BCUT2D eigenvalue weighted by molar-refractivity contribution is 5.25. The third-order valence-electron chi connectivity index (χ3n) is 4.11. The Labute approximate surface area is 129 Å². The van der Waals surface area contributed by atoms with E-state index in [2.05, 4.69) is 37.1 Å². The summed E-state index contributed by atoms with van der Waals surface area (Å²) >= 11 is 0. The van der Waals surface area contributed by atoms with E-state index in [1.807, 2.05) is 6.07 Å². The predicted octanol–water partition coefficient (Wildman–Crippen LogP) is 4.38. The Bertz CT molecular complexity index is 429. The van der Waals surface area contributed by atoms with Crippen molar-refractivity contribution < 1.29 is 4.74 Å². The summed E-state index contributed by atoms with van der Waals surface area (Å²) in [5.74, 6) is 0.769. The largest absolute Gasteiger partial charge is 0.475 e. The van der Waals surface area contributed by atoms with Crippen LogP contribution in [-0.4, -0.2) is 17.1 Å². The van der Waals surface area contributed by atoms with Crippen LogP contribution in [-0.2, 0) is 6.54 Å². The van der Waals surface area contributed by atoms with E-state index in [0.29, 0.717) is 0 Å². The molecule has 0 aliphatic heterocycles. The SMILES string of the molecule is CCCCCCC(C)Oc1ccc(CNC2CC2)c(C)n1. The lowest BCUT2D eigenvalue weighted by Gasteiger charge is -2.15. The molecule has 21 heavy (non-hydrogen) atoms. The summed E-state index contributed by atoms with van der Waals surface area (Å²) in [7, 11) is 0. The van der Waals surface area contributed by atoms with Crippen LogP contribution in [0, 0.1) is 6.92 Å². The van der Waals surface area contributed by atoms with Gasteiger partial charge in [-0.05, 0) is 45.1 Å². The maximum Gasteiger partial charge on any atom is 0.213 e. The Morgan fingerprint density at radius 3 is 2.76 bits per heavy atom. The Kier molecular flexibility index (Phi) is 6.50. The van der Waals surface area contributed by atoms with Crippen LogP contribution >= 0.6 is 0 Å². The number of hydrogen-bond donors (Lipinski definition) is 1. The molecular formula is C18H30N2O. The average molecular weight is 290 g/mol. The zero-order chi connectivity index (χ0) is 15.1. The second-order valence-electron chi connectivity index (χ2n) is 6.33. The van der Waals surface area contributed by atoms with Crippen molar-refractivity contribution in [2.75, 3.05) is 0 Å². The smallest absolute Gasteiger partial charge is 0.213 e. The van der Waals surface area contributed by atoms with Gasteiger partial charge in [-0.1, -0.05) is 32.3 Å². The van der Waals surface area contributed by atoms with E-state index in [9.17, 15) is 0 Å². The molecule has 3 nitrogen and oxygen atoms in total. The highest BCUT2D eigenvalue weighted by Crippen LogP contribution is 2.21. The number of aryl methyl sites for hydroxylation is 1. The average Bonchev–Trinajstić information content (AvgIpc) is 3.27. The fourth-order valence-electron chi connectivity index (χ4n) is 2.48. The second kappa shape index (κ2) is 8.38. The van der Waals surface area contributed by atoms with Crippen molar-refractivity contribution >= 4 is 0 Å². The van der Waals surface area contributed by atoms with Gasteiger partial charge in [-0.3, -0.25) is 0 Å². The Hall–Kier alpha value is -1.09. The minimum Gasteiger partial charge on any atom is -0.475 e. The Morgan fingerprint density at radius 2 is 2.10 bits per heavy atom. The van der Waals surface area contributed by atoms with E-state index < -0.39 is 0 Å². The zero-order valence-electron chi connectivity index (χ0n) is 13.8. The quantitative estimate of drug-likeness (QED) is 0.649. The third-order valence-corrected chi connectivity index (χ3v) is 4.11. The van der Waals surface area contributed by atoms with Crippen LogP contribution in [0.25, 0.3) is 0 Å². The van der Waals surface area contributed by atoms with Gasteiger partial charge in [0.05, 0.1) is 6.10 Å². The van der Waals surface area contributed by atoms with Crippen LogP contribution < -0.4 is 10.1 Å². The third kappa shape index (κ3) is 6.04. The number of pyridine rings is 1. The molecule has 0 saturated heterocycles. The van der Waals surface area contributed by atoms with E-state index in [4.69, 9.17) is 4.74 Å². The van der Waals surface area contributed by atoms with E-state index in [1.54, 1.807) is 0 Å². The molecule has 2 rings (SSSR count).